The fourth-order valence-electron chi connectivity index (χ4n) is 3.07. The van der Waals surface area contributed by atoms with Crippen LogP contribution in [0.5, 0.6) is 0 Å². The number of amides is 1. The summed E-state index contributed by atoms with van der Waals surface area (Å²) in [6.45, 7) is 7.36. The van der Waals surface area contributed by atoms with Crippen molar-refractivity contribution in [2.75, 3.05) is 11.9 Å². The molecule has 21 heavy (non-hydrogen) atoms. The van der Waals surface area contributed by atoms with Crippen LogP contribution in [0.3, 0.4) is 0 Å². The third-order valence-corrected chi connectivity index (χ3v) is 4.48. The number of aryl methyl sites for hydroxylation is 1. The molecule has 0 saturated heterocycles. The molecule has 0 radical (unpaired) electrons. The van der Waals surface area contributed by atoms with Gasteiger partial charge >= 0.3 is 0 Å². The summed E-state index contributed by atoms with van der Waals surface area (Å²) >= 11 is 0. The normalized spacial score (nSPS) is 21.9. The molecule has 1 amide bonds. The quantitative estimate of drug-likeness (QED) is 0.855. The van der Waals surface area contributed by atoms with E-state index in [1.54, 1.807) is 0 Å². The van der Waals surface area contributed by atoms with Crippen LogP contribution in [0, 0.1) is 12.8 Å². The van der Waals surface area contributed by atoms with Crippen LogP contribution < -0.4 is 10.6 Å². The number of hydrogen-bond donors (Lipinski definition) is 2. The molecule has 0 aromatic heterocycles. The van der Waals surface area contributed by atoms with E-state index in [2.05, 4.69) is 30.5 Å². The van der Waals surface area contributed by atoms with Gasteiger partial charge in [0.15, 0.2) is 0 Å². The van der Waals surface area contributed by atoms with Gasteiger partial charge in [0.25, 0.3) is 5.91 Å². The van der Waals surface area contributed by atoms with Crippen LogP contribution in [-0.2, 0) is 0 Å². The summed E-state index contributed by atoms with van der Waals surface area (Å²) in [5.41, 5.74) is 2.93. The number of rotatable bonds is 5. The Bertz CT molecular complexity index is 484. The van der Waals surface area contributed by atoms with E-state index in [0.717, 1.165) is 36.2 Å². The molecule has 1 aromatic carbocycles. The van der Waals surface area contributed by atoms with Gasteiger partial charge in [-0.25, -0.2) is 0 Å². The molecule has 1 aliphatic rings. The number of benzene rings is 1. The zero-order valence-electron chi connectivity index (χ0n) is 13.5. The highest BCUT2D eigenvalue weighted by Crippen LogP contribution is 2.24. The lowest BCUT2D eigenvalue weighted by molar-refractivity contribution is 0.0909. The minimum Gasteiger partial charge on any atom is -0.385 e. The topological polar surface area (TPSA) is 41.1 Å². The molecule has 1 fully saturated rings. The van der Waals surface area contributed by atoms with Crippen molar-refractivity contribution in [3.63, 3.8) is 0 Å². The minimum atomic E-state index is 0.0771. The lowest BCUT2D eigenvalue weighted by Crippen LogP contribution is -2.41. The fourth-order valence-corrected chi connectivity index (χ4v) is 3.07. The van der Waals surface area contributed by atoms with E-state index in [0.29, 0.717) is 12.0 Å². The minimum absolute atomic E-state index is 0.0771. The standard InChI is InChI=1S/C18H28N2O/c1-4-11-19-15-9-10-16(14(3)12-15)18(21)20-17-8-6-5-7-13(17)2/h9-10,12-13,17,19H,4-8,11H2,1-3H3,(H,20,21). The molecule has 3 nitrogen and oxygen atoms in total. The Kier molecular flexibility index (Phi) is 5.66. The molecule has 2 atom stereocenters. The van der Waals surface area contributed by atoms with Gasteiger partial charge in [0.2, 0.25) is 0 Å². The van der Waals surface area contributed by atoms with E-state index in [1.165, 1.54) is 19.3 Å². The second kappa shape index (κ2) is 7.48. The van der Waals surface area contributed by atoms with Crippen molar-refractivity contribution in [1.82, 2.24) is 5.32 Å². The predicted molar refractivity (Wildman–Crippen MR) is 88.8 cm³/mol. The Morgan fingerprint density at radius 1 is 1.29 bits per heavy atom. The maximum absolute atomic E-state index is 12.5. The van der Waals surface area contributed by atoms with Gasteiger partial charge in [0.05, 0.1) is 0 Å². The second-order valence-electron chi connectivity index (χ2n) is 6.30. The smallest absolute Gasteiger partial charge is 0.251 e. The highest BCUT2D eigenvalue weighted by Gasteiger charge is 2.23. The fraction of sp³-hybridized carbons (Fsp3) is 0.611. The number of carbonyl (C=O) groups excluding carboxylic acids is 1. The van der Waals surface area contributed by atoms with Gasteiger partial charge in [-0.2, -0.15) is 0 Å². The van der Waals surface area contributed by atoms with Crippen molar-refractivity contribution in [2.24, 2.45) is 5.92 Å². The van der Waals surface area contributed by atoms with Crippen molar-refractivity contribution >= 4 is 11.6 Å². The molecule has 0 bridgehead atoms. The van der Waals surface area contributed by atoms with Gasteiger partial charge in [0.1, 0.15) is 0 Å². The van der Waals surface area contributed by atoms with Crippen molar-refractivity contribution in [2.45, 2.75) is 58.9 Å². The van der Waals surface area contributed by atoms with E-state index >= 15 is 0 Å². The van der Waals surface area contributed by atoms with E-state index < -0.39 is 0 Å². The van der Waals surface area contributed by atoms with Gasteiger partial charge in [-0.1, -0.05) is 26.7 Å². The zero-order chi connectivity index (χ0) is 15.2. The third-order valence-electron chi connectivity index (χ3n) is 4.48. The van der Waals surface area contributed by atoms with Gasteiger partial charge in [0, 0.05) is 23.8 Å². The number of anilines is 1. The lowest BCUT2D eigenvalue weighted by Gasteiger charge is -2.29. The van der Waals surface area contributed by atoms with E-state index in [4.69, 9.17) is 0 Å². The first-order valence-electron chi connectivity index (χ1n) is 8.27. The summed E-state index contributed by atoms with van der Waals surface area (Å²) in [7, 11) is 0. The van der Waals surface area contributed by atoms with Crippen LogP contribution in [0.25, 0.3) is 0 Å². The van der Waals surface area contributed by atoms with Gasteiger partial charge in [-0.15, -0.1) is 0 Å². The summed E-state index contributed by atoms with van der Waals surface area (Å²) in [6, 6.07) is 6.34. The molecular formula is C18H28N2O. The molecule has 1 aromatic rings. The third kappa shape index (κ3) is 4.23. The van der Waals surface area contributed by atoms with Crippen LogP contribution in [0.15, 0.2) is 18.2 Å². The maximum atomic E-state index is 12.5. The molecule has 116 valence electrons. The van der Waals surface area contributed by atoms with Gasteiger partial charge in [-0.05, 0) is 55.9 Å². The summed E-state index contributed by atoms with van der Waals surface area (Å²) < 4.78 is 0. The average molecular weight is 288 g/mol. The lowest BCUT2D eigenvalue weighted by atomic mass is 9.86. The molecule has 0 aliphatic heterocycles. The SMILES string of the molecule is CCCNc1ccc(C(=O)NC2CCCCC2C)c(C)c1. The summed E-state index contributed by atoms with van der Waals surface area (Å²) in [5.74, 6) is 0.668. The summed E-state index contributed by atoms with van der Waals surface area (Å²) in [5, 5.41) is 6.59. The van der Waals surface area contributed by atoms with Crippen molar-refractivity contribution in [3.8, 4) is 0 Å². The largest absolute Gasteiger partial charge is 0.385 e. The first-order chi connectivity index (χ1) is 10.1. The number of carbonyl (C=O) groups is 1. The number of nitrogens with one attached hydrogen (secondary N) is 2. The van der Waals surface area contributed by atoms with Crippen LogP contribution in [0.2, 0.25) is 0 Å². The average Bonchev–Trinajstić information content (AvgIpc) is 2.47. The highest BCUT2D eigenvalue weighted by atomic mass is 16.1. The Balaban J connectivity index is 2.01. The molecule has 3 heteroatoms. The van der Waals surface area contributed by atoms with Crippen LogP contribution in [0.4, 0.5) is 5.69 Å². The number of hydrogen-bond acceptors (Lipinski definition) is 2. The maximum Gasteiger partial charge on any atom is 0.251 e. The molecule has 0 spiro atoms. The zero-order valence-corrected chi connectivity index (χ0v) is 13.5. The molecule has 0 heterocycles. The van der Waals surface area contributed by atoms with Crippen molar-refractivity contribution in [1.29, 1.82) is 0 Å². The van der Waals surface area contributed by atoms with Crippen molar-refractivity contribution < 1.29 is 4.79 Å². The molecule has 2 rings (SSSR count). The summed E-state index contributed by atoms with van der Waals surface area (Å²) in [6.07, 6.45) is 5.96. The van der Waals surface area contributed by atoms with E-state index in [9.17, 15) is 4.79 Å². The first kappa shape index (κ1) is 15.9. The second-order valence-corrected chi connectivity index (χ2v) is 6.30. The molecular weight excluding hydrogens is 260 g/mol. The highest BCUT2D eigenvalue weighted by molar-refractivity contribution is 5.96. The van der Waals surface area contributed by atoms with Crippen molar-refractivity contribution in [3.05, 3.63) is 29.3 Å². The van der Waals surface area contributed by atoms with Crippen LogP contribution in [0.1, 0.15) is 61.9 Å². The van der Waals surface area contributed by atoms with Gasteiger partial charge in [-0.3, -0.25) is 4.79 Å². The van der Waals surface area contributed by atoms with Crippen LogP contribution >= 0.6 is 0 Å². The Morgan fingerprint density at radius 2 is 2.05 bits per heavy atom. The molecule has 1 saturated carbocycles. The summed E-state index contributed by atoms with van der Waals surface area (Å²) in [4.78, 5) is 12.5. The Hall–Kier alpha value is -1.51. The van der Waals surface area contributed by atoms with E-state index in [-0.39, 0.29) is 5.91 Å². The van der Waals surface area contributed by atoms with Crippen LogP contribution in [-0.4, -0.2) is 18.5 Å². The predicted octanol–water partition coefficient (Wildman–Crippen LogP) is 4.13. The van der Waals surface area contributed by atoms with Gasteiger partial charge < -0.3 is 10.6 Å². The molecule has 2 unspecified atom stereocenters. The Labute approximate surface area is 128 Å². The monoisotopic (exact) mass is 288 g/mol. The van der Waals surface area contributed by atoms with E-state index in [1.807, 2.05) is 19.1 Å². The molecule has 2 N–H and O–H groups in total. The first-order valence-corrected chi connectivity index (χ1v) is 8.27. The Morgan fingerprint density at radius 3 is 2.71 bits per heavy atom. The molecule has 1 aliphatic carbocycles.